The third-order valence-corrected chi connectivity index (χ3v) is 5.61. The molecule has 0 bridgehead atoms. The van der Waals surface area contributed by atoms with Crippen molar-refractivity contribution in [3.05, 3.63) is 49.9 Å². The Morgan fingerprint density at radius 1 is 1.38 bits per heavy atom. The van der Waals surface area contributed by atoms with Gasteiger partial charge in [0.15, 0.2) is 6.61 Å². The van der Waals surface area contributed by atoms with Crippen LogP contribution < -0.4 is 0 Å². The van der Waals surface area contributed by atoms with Crippen molar-refractivity contribution in [1.82, 2.24) is 4.57 Å². The first-order valence-corrected chi connectivity index (χ1v) is 9.38. The van der Waals surface area contributed by atoms with E-state index in [1.165, 1.54) is 30.3 Å². The van der Waals surface area contributed by atoms with Gasteiger partial charge in [0.05, 0.1) is 3.79 Å². The van der Waals surface area contributed by atoms with Gasteiger partial charge in [-0.3, -0.25) is 4.79 Å². The van der Waals surface area contributed by atoms with Crippen LogP contribution in [0.3, 0.4) is 0 Å². The monoisotopic (exact) mass is 407 g/mol. The molecular formula is C18H18BrNO3S. The summed E-state index contributed by atoms with van der Waals surface area (Å²) in [6.07, 6.45) is 5.37. The molecule has 0 aromatic carbocycles. The van der Waals surface area contributed by atoms with Gasteiger partial charge in [0.1, 0.15) is 0 Å². The topological polar surface area (TPSA) is 48.3 Å². The SMILES string of the molecule is Cc1cc(C(=O)COC(=O)/C=C/c2ccc(Br)s2)c(C)n1C1CC1. The fourth-order valence-corrected chi connectivity index (χ4v) is 4.11. The Morgan fingerprint density at radius 2 is 2.12 bits per heavy atom. The van der Waals surface area contributed by atoms with Crippen molar-refractivity contribution in [2.24, 2.45) is 0 Å². The normalized spacial score (nSPS) is 14.3. The molecule has 3 rings (SSSR count). The van der Waals surface area contributed by atoms with Crippen molar-refractivity contribution >= 4 is 45.1 Å². The number of hydrogen-bond donors (Lipinski definition) is 0. The van der Waals surface area contributed by atoms with E-state index >= 15 is 0 Å². The first-order valence-electron chi connectivity index (χ1n) is 7.77. The summed E-state index contributed by atoms with van der Waals surface area (Å²) in [6.45, 7) is 3.73. The molecule has 4 nitrogen and oxygen atoms in total. The zero-order chi connectivity index (χ0) is 17.3. The number of ketones is 1. The largest absolute Gasteiger partial charge is 0.454 e. The Bertz CT molecular complexity index is 814. The molecule has 1 aliphatic rings. The van der Waals surface area contributed by atoms with Gasteiger partial charge in [-0.25, -0.2) is 4.79 Å². The Balaban J connectivity index is 1.58. The Morgan fingerprint density at radius 3 is 2.75 bits per heavy atom. The maximum absolute atomic E-state index is 12.3. The van der Waals surface area contributed by atoms with Crippen molar-refractivity contribution in [2.75, 3.05) is 6.61 Å². The van der Waals surface area contributed by atoms with E-state index in [1.54, 1.807) is 6.08 Å². The van der Waals surface area contributed by atoms with E-state index in [-0.39, 0.29) is 12.4 Å². The molecule has 1 saturated carbocycles. The lowest BCUT2D eigenvalue weighted by molar-refractivity contribution is -0.136. The second kappa shape index (κ2) is 7.07. The fourth-order valence-electron chi connectivity index (χ4n) is 2.78. The summed E-state index contributed by atoms with van der Waals surface area (Å²) >= 11 is 4.88. The zero-order valence-corrected chi connectivity index (χ0v) is 15.9. The van der Waals surface area contributed by atoms with Gasteiger partial charge in [-0.15, -0.1) is 11.3 Å². The summed E-state index contributed by atoms with van der Waals surface area (Å²) in [5, 5.41) is 0. The number of esters is 1. The number of aryl methyl sites for hydroxylation is 1. The van der Waals surface area contributed by atoms with Gasteiger partial charge < -0.3 is 9.30 Å². The maximum atomic E-state index is 12.3. The van der Waals surface area contributed by atoms with E-state index < -0.39 is 5.97 Å². The molecule has 2 heterocycles. The number of aromatic nitrogens is 1. The van der Waals surface area contributed by atoms with Crippen molar-refractivity contribution in [1.29, 1.82) is 0 Å². The standard InChI is InChI=1S/C18H18BrNO3S/c1-11-9-15(12(2)20(11)13-3-4-13)16(21)10-23-18(22)8-6-14-5-7-17(19)24-14/h5-9,13H,3-4,10H2,1-2H3/b8-6+. The van der Waals surface area contributed by atoms with Gasteiger partial charge in [-0.1, -0.05) is 0 Å². The van der Waals surface area contributed by atoms with Crippen LogP contribution in [0.15, 0.2) is 28.1 Å². The van der Waals surface area contributed by atoms with Gasteiger partial charge in [0.25, 0.3) is 0 Å². The molecule has 0 radical (unpaired) electrons. The summed E-state index contributed by atoms with van der Waals surface area (Å²) in [7, 11) is 0. The molecule has 0 aliphatic heterocycles. The summed E-state index contributed by atoms with van der Waals surface area (Å²) in [5.41, 5.74) is 2.71. The Hall–Kier alpha value is -1.66. The molecule has 0 amide bonds. The summed E-state index contributed by atoms with van der Waals surface area (Å²) < 4.78 is 8.28. The highest BCUT2D eigenvalue weighted by atomic mass is 79.9. The summed E-state index contributed by atoms with van der Waals surface area (Å²) in [5.74, 6) is -0.667. The molecule has 0 saturated heterocycles. The molecule has 2 aromatic heterocycles. The van der Waals surface area contributed by atoms with Crippen LogP contribution in [-0.4, -0.2) is 22.9 Å². The van der Waals surface area contributed by atoms with Crippen LogP contribution in [0.25, 0.3) is 6.08 Å². The van der Waals surface area contributed by atoms with Crippen LogP contribution in [0.2, 0.25) is 0 Å². The number of hydrogen-bond acceptors (Lipinski definition) is 4. The highest BCUT2D eigenvalue weighted by molar-refractivity contribution is 9.11. The third kappa shape index (κ3) is 3.87. The van der Waals surface area contributed by atoms with Crippen LogP contribution in [0, 0.1) is 13.8 Å². The minimum Gasteiger partial charge on any atom is -0.454 e. The molecule has 24 heavy (non-hydrogen) atoms. The predicted octanol–water partition coefficient (Wildman–Crippen LogP) is 4.70. The van der Waals surface area contributed by atoms with Gasteiger partial charge in [-0.05, 0) is 66.9 Å². The van der Waals surface area contributed by atoms with Crippen LogP contribution in [0.1, 0.15) is 45.5 Å². The van der Waals surface area contributed by atoms with Gasteiger partial charge >= 0.3 is 5.97 Å². The van der Waals surface area contributed by atoms with E-state index in [2.05, 4.69) is 20.5 Å². The Labute approximate surface area is 153 Å². The lowest BCUT2D eigenvalue weighted by Crippen LogP contribution is -2.13. The minimum atomic E-state index is -0.510. The number of carbonyl (C=O) groups excluding carboxylic acids is 2. The van der Waals surface area contributed by atoms with Crippen molar-refractivity contribution in [3.63, 3.8) is 0 Å². The van der Waals surface area contributed by atoms with Gasteiger partial charge in [0, 0.05) is 33.9 Å². The lowest BCUT2D eigenvalue weighted by atomic mass is 10.1. The van der Waals surface area contributed by atoms with E-state index in [9.17, 15) is 9.59 Å². The van der Waals surface area contributed by atoms with E-state index in [1.807, 2.05) is 32.0 Å². The van der Waals surface area contributed by atoms with Crippen LogP contribution >= 0.6 is 27.3 Å². The zero-order valence-electron chi connectivity index (χ0n) is 13.5. The number of thiophene rings is 1. The minimum absolute atomic E-state index is 0.157. The van der Waals surface area contributed by atoms with E-state index in [0.717, 1.165) is 20.1 Å². The smallest absolute Gasteiger partial charge is 0.331 e. The van der Waals surface area contributed by atoms with Crippen molar-refractivity contribution < 1.29 is 14.3 Å². The molecule has 2 aromatic rings. The number of carbonyl (C=O) groups is 2. The number of halogens is 1. The van der Waals surface area contributed by atoms with Crippen LogP contribution in [0.5, 0.6) is 0 Å². The number of nitrogens with zero attached hydrogens (tertiary/aromatic N) is 1. The fraction of sp³-hybridized carbons (Fsp3) is 0.333. The molecule has 1 aliphatic carbocycles. The Kier molecular flexibility index (Phi) is 5.06. The summed E-state index contributed by atoms with van der Waals surface area (Å²) in [6, 6.07) is 6.23. The second-order valence-electron chi connectivity index (χ2n) is 5.89. The first kappa shape index (κ1) is 17.2. The van der Waals surface area contributed by atoms with Crippen LogP contribution in [0.4, 0.5) is 0 Å². The van der Waals surface area contributed by atoms with Gasteiger partial charge in [-0.2, -0.15) is 0 Å². The third-order valence-electron chi connectivity index (χ3n) is 4.02. The first-order chi connectivity index (χ1) is 11.5. The molecule has 0 spiro atoms. The molecule has 1 fully saturated rings. The van der Waals surface area contributed by atoms with Gasteiger partial charge in [0.2, 0.25) is 5.78 Å². The predicted molar refractivity (Wildman–Crippen MR) is 98.5 cm³/mol. The van der Waals surface area contributed by atoms with Crippen molar-refractivity contribution in [3.8, 4) is 0 Å². The molecule has 0 N–H and O–H groups in total. The molecule has 0 atom stereocenters. The number of Topliss-reactive ketones (excluding diaryl/α,β-unsaturated/α-hetero) is 1. The van der Waals surface area contributed by atoms with E-state index in [4.69, 9.17) is 4.74 Å². The highest BCUT2D eigenvalue weighted by Crippen LogP contribution is 2.38. The lowest BCUT2D eigenvalue weighted by Gasteiger charge is -2.07. The van der Waals surface area contributed by atoms with Crippen molar-refractivity contribution in [2.45, 2.75) is 32.7 Å². The average Bonchev–Trinajstić information content (AvgIpc) is 3.21. The van der Waals surface area contributed by atoms with Crippen LogP contribution in [-0.2, 0) is 9.53 Å². The second-order valence-corrected chi connectivity index (χ2v) is 8.39. The number of ether oxygens (including phenoxy) is 1. The molecular weight excluding hydrogens is 390 g/mol. The molecule has 126 valence electrons. The highest BCUT2D eigenvalue weighted by Gasteiger charge is 2.28. The van der Waals surface area contributed by atoms with E-state index in [0.29, 0.717) is 11.6 Å². The average molecular weight is 408 g/mol. The molecule has 6 heteroatoms. The molecule has 0 unspecified atom stereocenters. The quantitative estimate of drug-likeness (QED) is 0.395. The summed E-state index contributed by atoms with van der Waals surface area (Å²) in [4.78, 5) is 25.0. The maximum Gasteiger partial charge on any atom is 0.331 e. The number of rotatable bonds is 6.